The van der Waals surface area contributed by atoms with E-state index >= 15 is 0 Å². The van der Waals surface area contributed by atoms with Crippen LogP contribution in [0.2, 0.25) is 10.0 Å². The Morgan fingerprint density at radius 3 is 2.60 bits per heavy atom. The minimum atomic E-state index is 0. The number of ether oxygens (including phenoxy) is 2. The lowest BCUT2D eigenvalue weighted by atomic mass is 9.97. The molecule has 3 nitrogen and oxygen atoms in total. The lowest BCUT2D eigenvalue weighted by molar-refractivity contribution is 0.269. The Morgan fingerprint density at radius 2 is 1.87 bits per heavy atom. The molecule has 6 heteroatoms. The predicted molar refractivity (Wildman–Crippen MR) is 129 cm³/mol. The van der Waals surface area contributed by atoms with Gasteiger partial charge in [0.05, 0.1) is 6.61 Å². The molecule has 1 aliphatic rings. The molecule has 0 aliphatic heterocycles. The summed E-state index contributed by atoms with van der Waals surface area (Å²) in [5.74, 6) is 1.47. The molecule has 2 aromatic carbocycles. The van der Waals surface area contributed by atoms with Gasteiger partial charge < -0.3 is 14.8 Å². The molecule has 0 aromatic heterocycles. The number of benzene rings is 2. The second-order valence-electron chi connectivity index (χ2n) is 7.27. The summed E-state index contributed by atoms with van der Waals surface area (Å²) in [5.41, 5.74) is 3.67. The van der Waals surface area contributed by atoms with Gasteiger partial charge in [0, 0.05) is 22.2 Å². The van der Waals surface area contributed by atoms with Gasteiger partial charge in [-0.3, -0.25) is 0 Å². The number of hydrogen-bond acceptors (Lipinski definition) is 3. The molecule has 0 bridgehead atoms. The molecule has 3 rings (SSSR count). The SMILES string of the molecule is CCOc1cc(CNCCC2=CCCCC2)ccc1OCc1ccc(Cl)cc1Cl.Cl. The van der Waals surface area contributed by atoms with Crippen molar-refractivity contribution in [1.29, 1.82) is 0 Å². The van der Waals surface area contributed by atoms with E-state index in [-0.39, 0.29) is 12.4 Å². The smallest absolute Gasteiger partial charge is 0.161 e. The quantitative estimate of drug-likeness (QED) is 0.290. The van der Waals surface area contributed by atoms with Crippen LogP contribution in [0.1, 0.15) is 50.2 Å². The van der Waals surface area contributed by atoms with Gasteiger partial charge in [0.2, 0.25) is 0 Å². The maximum Gasteiger partial charge on any atom is 0.161 e. The zero-order valence-corrected chi connectivity index (χ0v) is 19.7. The van der Waals surface area contributed by atoms with Crippen molar-refractivity contribution in [2.45, 2.75) is 52.2 Å². The van der Waals surface area contributed by atoms with Gasteiger partial charge in [-0.25, -0.2) is 0 Å². The number of nitrogens with one attached hydrogen (secondary N) is 1. The van der Waals surface area contributed by atoms with Crippen molar-refractivity contribution in [3.05, 3.63) is 69.2 Å². The fourth-order valence-corrected chi connectivity index (χ4v) is 3.92. The monoisotopic (exact) mass is 469 g/mol. The van der Waals surface area contributed by atoms with E-state index in [0.717, 1.165) is 30.8 Å². The van der Waals surface area contributed by atoms with E-state index in [1.807, 2.05) is 25.1 Å². The molecule has 30 heavy (non-hydrogen) atoms. The number of halogens is 3. The molecular weight excluding hydrogens is 441 g/mol. The van der Waals surface area contributed by atoms with Crippen molar-refractivity contribution in [2.24, 2.45) is 0 Å². The molecule has 164 valence electrons. The van der Waals surface area contributed by atoms with Crippen LogP contribution in [0.3, 0.4) is 0 Å². The highest BCUT2D eigenvalue weighted by molar-refractivity contribution is 6.35. The van der Waals surface area contributed by atoms with Gasteiger partial charge in [-0.2, -0.15) is 0 Å². The lowest BCUT2D eigenvalue weighted by Crippen LogP contribution is -2.15. The van der Waals surface area contributed by atoms with Crippen molar-refractivity contribution in [3.8, 4) is 11.5 Å². The zero-order chi connectivity index (χ0) is 20.5. The second kappa shape index (κ2) is 13.1. The summed E-state index contributed by atoms with van der Waals surface area (Å²) in [6.07, 6.45) is 8.75. The Morgan fingerprint density at radius 1 is 1.00 bits per heavy atom. The Kier molecular flexibility index (Phi) is 10.9. The van der Waals surface area contributed by atoms with Crippen LogP contribution >= 0.6 is 35.6 Å². The average Bonchev–Trinajstić information content (AvgIpc) is 2.73. The van der Waals surface area contributed by atoms with Crippen LogP contribution in [-0.4, -0.2) is 13.2 Å². The standard InChI is InChI=1S/C24H29Cl2NO2.ClH/c1-2-28-24-14-19(16-27-13-12-18-6-4-3-5-7-18)8-11-23(24)29-17-20-9-10-21(25)15-22(20)26;/h6,8-11,14-15,27H,2-5,7,12-13,16-17H2,1H3;1H. The molecule has 0 saturated carbocycles. The molecule has 0 atom stereocenters. The first-order chi connectivity index (χ1) is 14.2. The van der Waals surface area contributed by atoms with E-state index in [1.54, 1.807) is 11.6 Å². The third-order valence-electron chi connectivity index (χ3n) is 5.04. The van der Waals surface area contributed by atoms with Gasteiger partial charge in [-0.05, 0) is 75.4 Å². The maximum atomic E-state index is 6.24. The van der Waals surface area contributed by atoms with Gasteiger partial charge in [-0.1, -0.05) is 47.0 Å². The van der Waals surface area contributed by atoms with E-state index in [9.17, 15) is 0 Å². The summed E-state index contributed by atoms with van der Waals surface area (Å²) in [5, 5.41) is 4.76. The lowest BCUT2D eigenvalue weighted by Gasteiger charge is -2.15. The molecule has 1 N–H and O–H groups in total. The fourth-order valence-electron chi connectivity index (χ4n) is 3.46. The molecule has 0 saturated heterocycles. The molecule has 0 unspecified atom stereocenters. The molecular formula is C24H30Cl3NO2. The summed E-state index contributed by atoms with van der Waals surface area (Å²) >= 11 is 12.2. The summed E-state index contributed by atoms with van der Waals surface area (Å²) in [7, 11) is 0. The van der Waals surface area contributed by atoms with E-state index in [4.69, 9.17) is 32.7 Å². The van der Waals surface area contributed by atoms with Crippen LogP contribution in [0.15, 0.2) is 48.0 Å². The van der Waals surface area contributed by atoms with Crippen molar-refractivity contribution < 1.29 is 9.47 Å². The van der Waals surface area contributed by atoms with E-state index in [0.29, 0.717) is 29.0 Å². The van der Waals surface area contributed by atoms with Crippen LogP contribution in [0.4, 0.5) is 0 Å². The van der Waals surface area contributed by atoms with Crippen molar-refractivity contribution >= 4 is 35.6 Å². The van der Waals surface area contributed by atoms with Gasteiger partial charge in [0.25, 0.3) is 0 Å². The minimum Gasteiger partial charge on any atom is -0.490 e. The highest BCUT2D eigenvalue weighted by atomic mass is 35.5. The predicted octanol–water partition coefficient (Wildman–Crippen LogP) is 7.37. The topological polar surface area (TPSA) is 30.5 Å². The third-order valence-corrected chi connectivity index (χ3v) is 5.63. The van der Waals surface area contributed by atoms with Crippen LogP contribution in [0.25, 0.3) is 0 Å². The first-order valence-electron chi connectivity index (χ1n) is 10.4. The molecule has 0 amide bonds. The number of allylic oxidation sites excluding steroid dienone is 1. The number of hydrogen-bond donors (Lipinski definition) is 1. The van der Waals surface area contributed by atoms with Gasteiger partial charge >= 0.3 is 0 Å². The molecule has 0 spiro atoms. The third kappa shape index (κ3) is 7.70. The van der Waals surface area contributed by atoms with Crippen LogP contribution < -0.4 is 14.8 Å². The Labute approximate surface area is 196 Å². The van der Waals surface area contributed by atoms with Crippen molar-refractivity contribution in [2.75, 3.05) is 13.2 Å². The number of rotatable bonds is 10. The maximum absolute atomic E-state index is 6.24. The van der Waals surface area contributed by atoms with Crippen LogP contribution in [0, 0.1) is 0 Å². The fraction of sp³-hybridized carbons (Fsp3) is 0.417. The van der Waals surface area contributed by atoms with Gasteiger partial charge in [-0.15, -0.1) is 12.4 Å². The Bertz CT molecular complexity index is 839. The highest BCUT2D eigenvalue weighted by Crippen LogP contribution is 2.30. The Balaban J connectivity index is 0.00000320. The first-order valence-corrected chi connectivity index (χ1v) is 11.1. The normalized spacial score (nSPS) is 13.4. The second-order valence-corrected chi connectivity index (χ2v) is 8.12. The molecule has 1 aliphatic carbocycles. The first kappa shape index (κ1) is 24.9. The van der Waals surface area contributed by atoms with Crippen LogP contribution in [0.5, 0.6) is 11.5 Å². The van der Waals surface area contributed by atoms with Crippen LogP contribution in [-0.2, 0) is 13.2 Å². The Hall–Kier alpha value is -1.39. The summed E-state index contributed by atoms with van der Waals surface area (Å²) in [6, 6.07) is 11.5. The summed E-state index contributed by atoms with van der Waals surface area (Å²) < 4.78 is 11.8. The van der Waals surface area contributed by atoms with E-state index in [1.165, 1.54) is 31.2 Å². The summed E-state index contributed by atoms with van der Waals surface area (Å²) in [4.78, 5) is 0. The molecule has 0 fully saturated rings. The average molecular weight is 471 g/mol. The summed E-state index contributed by atoms with van der Waals surface area (Å²) in [6.45, 7) is 4.74. The minimum absolute atomic E-state index is 0. The van der Waals surface area contributed by atoms with E-state index in [2.05, 4.69) is 23.5 Å². The van der Waals surface area contributed by atoms with Gasteiger partial charge in [0.15, 0.2) is 11.5 Å². The van der Waals surface area contributed by atoms with Crippen molar-refractivity contribution in [1.82, 2.24) is 5.32 Å². The molecule has 0 heterocycles. The van der Waals surface area contributed by atoms with Gasteiger partial charge in [0.1, 0.15) is 6.61 Å². The largest absolute Gasteiger partial charge is 0.490 e. The molecule has 2 aromatic rings. The highest BCUT2D eigenvalue weighted by Gasteiger charge is 2.09. The zero-order valence-electron chi connectivity index (χ0n) is 17.4. The van der Waals surface area contributed by atoms with E-state index < -0.39 is 0 Å². The van der Waals surface area contributed by atoms with Crippen molar-refractivity contribution in [3.63, 3.8) is 0 Å². The molecule has 0 radical (unpaired) electrons.